The highest BCUT2D eigenvalue weighted by atomic mass is 32.2. The summed E-state index contributed by atoms with van der Waals surface area (Å²) in [6.45, 7) is 0. The van der Waals surface area contributed by atoms with E-state index in [0.717, 1.165) is 72.0 Å². The molecule has 1 N–H and O–H groups in total. The molecule has 6 rings (SSSR count). The minimum atomic E-state index is -0.199. The molecule has 0 aliphatic heterocycles. The summed E-state index contributed by atoms with van der Waals surface area (Å²) in [6, 6.07) is 11.8. The van der Waals surface area contributed by atoms with Crippen LogP contribution in [0.3, 0.4) is 0 Å². The third kappa shape index (κ3) is 4.17. The van der Waals surface area contributed by atoms with Crippen LogP contribution in [0.15, 0.2) is 40.3 Å². The van der Waals surface area contributed by atoms with Gasteiger partial charge in [0, 0.05) is 9.75 Å². The molecule has 182 valence electrons. The Balaban J connectivity index is 1.30. The van der Waals surface area contributed by atoms with E-state index >= 15 is 0 Å². The molecular weight excluding hydrogens is 509 g/mol. The lowest BCUT2D eigenvalue weighted by Gasteiger charge is -2.12. The van der Waals surface area contributed by atoms with Gasteiger partial charge in [0.05, 0.1) is 22.4 Å². The van der Waals surface area contributed by atoms with E-state index in [4.69, 9.17) is 4.98 Å². The van der Waals surface area contributed by atoms with Gasteiger partial charge >= 0.3 is 0 Å². The summed E-state index contributed by atoms with van der Waals surface area (Å²) in [7, 11) is 0. The number of nitrogens with one attached hydrogen (secondary N) is 1. The molecule has 0 unspecified atom stereocenters. The van der Waals surface area contributed by atoms with E-state index in [9.17, 15) is 14.9 Å². The Morgan fingerprint density at radius 2 is 1.78 bits per heavy atom. The highest BCUT2D eigenvalue weighted by molar-refractivity contribution is 7.99. The average Bonchev–Trinajstić information content (AvgIpc) is 3.51. The normalized spacial score (nSPS) is 14.8. The van der Waals surface area contributed by atoms with Gasteiger partial charge in [-0.2, -0.15) is 5.26 Å². The second-order valence-electron chi connectivity index (χ2n) is 9.13. The molecule has 1 aromatic carbocycles. The van der Waals surface area contributed by atoms with Gasteiger partial charge < -0.3 is 5.32 Å². The molecule has 3 aromatic heterocycles. The van der Waals surface area contributed by atoms with Crippen LogP contribution in [0, 0.1) is 11.3 Å². The van der Waals surface area contributed by atoms with Crippen molar-refractivity contribution >= 4 is 55.6 Å². The average molecular weight is 533 g/mol. The van der Waals surface area contributed by atoms with Crippen molar-refractivity contribution in [2.75, 3.05) is 11.1 Å². The number of nitriles is 1. The number of fused-ring (bicyclic) bond motifs is 4. The van der Waals surface area contributed by atoms with Crippen LogP contribution in [0.25, 0.3) is 15.9 Å². The molecule has 0 atom stereocenters. The van der Waals surface area contributed by atoms with Gasteiger partial charge in [-0.25, -0.2) is 4.98 Å². The molecule has 2 aliphatic rings. The molecule has 0 saturated carbocycles. The maximum atomic E-state index is 13.7. The van der Waals surface area contributed by atoms with E-state index in [1.54, 1.807) is 15.9 Å². The summed E-state index contributed by atoms with van der Waals surface area (Å²) >= 11 is 4.40. The van der Waals surface area contributed by atoms with Crippen molar-refractivity contribution in [2.45, 2.75) is 56.5 Å². The summed E-state index contributed by atoms with van der Waals surface area (Å²) in [4.78, 5) is 34.8. The first-order valence-electron chi connectivity index (χ1n) is 12.2. The number of aromatic nitrogens is 2. The molecule has 36 heavy (non-hydrogen) atoms. The van der Waals surface area contributed by atoms with Gasteiger partial charge in [-0.05, 0) is 68.2 Å². The smallest absolute Gasteiger partial charge is 0.267 e. The number of benzene rings is 1. The number of anilines is 1. The Hall–Kier alpha value is -2.93. The summed E-state index contributed by atoms with van der Waals surface area (Å²) in [5.41, 5.74) is 3.55. The summed E-state index contributed by atoms with van der Waals surface area (Å²) in [5.74, 6) is -0.0981. The maximum Gasteiger partial charge on any atom is 0.267 e. The molecule has 0 fully saturated rings. The number of amides is 1. The zero-order chi connectivity index (χ0) is 24.6. The number of para-hydroxylation sites is 1. The van der Waals surface area contributed by atoms with Gasteiger partial charge in [-0.3, -0.25) is 14.2 Å². The molecular formula is C27H24N4O2S3. The number of rotatable bonds is 5. The lowest BCUT2D eigenvalue weighted by molar-refractivity contribution is -0.113. The molecule has 2 aliphatic carbocycles. The molecule has 0 spiro atoms. The van der Waals surface area contributed by atoms with Gasteiger partial charge in [-0.15, -0.1) is 22.7 Å². The molecule has 0 saturated heterocycles. The summed E-state index contributed by atoms with van der Waals surface area (Å²) < 4.78 is 1.64. The number of carbonyl (C=O) groups excluding carboxylic acids is 1. The highest BCUT2D eigenvalue weighted by Crippen LogP contribution is 2.38. The first-order valence-corrected chi connectivity index (χ1v) is 14.9. The molecule has 6 nitrogen and oxygen atoms in total. The van der Waals surface area contributed by atoms with E-state index < -0.39 is 0 Å². The van der Waals surface area contributed by atoms with Crippen LogP contribution in [-0.4, -0.2) is 21.2 Å². The van der Waals surface area contributed by atoms with Crippen molar-refractivity contribution < 1.29 is 4.79 Å². The van der Waals surface area contributed by atoms with Crippen LogP contribution in [0.1, 0.15) is 52.1 Å². The molecule has 1 amide bonds. The molecule has 4 aromatic rings. The monoisotopic (exact) mass is 532 g/mol. The summed E-state index contributed by atoms with van der Waals surface area (Å²) in [6.07, 6.45) is 8.25. The molecule has 0 bridgehead atoms. The number of hydrogen-bond donors (Lipinski definition) is 1. The lowest BCUT2D eigenvalue weighted by atomic mass is 10.1. The van der Waals surface area contributed by atoms with Crippen molar-refractivity contribution in [3.8, 4) is 11.8 Å². The number of thiophene rings is 2. The van der Waals surface area contributed by atoms with Gasteiger partial charge in [0.2, 0.25) is 5.91 Å². The third-order valence-electron chi connectivity index (χ3n) is 6.84. The fraction of sp³-hybridized carbons (Fsp3) is 0.333. The van der Waals surface area contributed by atoms with Gasteiger partial charge in [0.25, 0.3) is 5.56 Å². The van der Waals surface area contributed by atoms with Gasteiger partial charge in [0.15, 0.2) is 5.16 Å². The Morgan fingerprint density at radius 1 is 1.03 bits per heavy atom. The van der Waals surface area contributed by atoms with Crippen molar-refractivity contribution in [1.82, 2.24) is 9.55 Å². The second kappa shape index (κ2) is 9.85. The third-order valence-corrected chi connectivity index (χ3v) is 10.2. The molecule has 0 radical (unpaired) electrons. The Kier molecular flexibility index (Phi) is 6.42. The van der Waals surface area contributed by atoms with Crippen molar-refractivity contribution in [3.63, 3.8) is 0 Å². The standard InChI is InChI=1S/C27H24N4O2S3/c28-14-19-17-10-5-2-6-12-20(17)35-24(19)29-22(32)15-34-27-30-25-23(18-11-7-13-21(18)36-25)26(33)31(27)16-8-3-1-4-9-16/h1,3-4,8-9H,2,5-7,10-13,15H2,(H,29,32). The first kappa shape index (κ1) is 23.5. The number of carbonyl (C=O) groups is 1. The van der Waals surface area contributed by atoms with Gasteiger partial charge in [-0.1, -0.05) is 36.4 Å². The summed E-state index contributed by atoms with van der Waals surface area (Å²) in [5, 5.41) is 14.6. The van der Waals surface area contributed by atoms with E-state index in [1.165, 1.54) is 39.3 Å². The SMILES string of the molecule is N#Cc1c(NC(=O)CSc2nc3sc4c(c3c(=O)n2-c2ccccc2)CCC4)sc2c1CCCCC2. The van der Waals surface area contributed by atoms with E-state index in [-0.39, 0.29) is 17.2 Å². The van der Waals surface area contributed by atoms with Crippen molar-refractivity contribution in [3.05, 3.63) is 67.1 Å². The van der Waals surface area contributed by atoms with Crippen LogP contribution in [0.5, 0.6) is 0 Å². The topological polar surface area (TPSA) is 87.8 Å². The molecule has 9 heteroatoms. The number of thioether (sulfide) groups is 1. The zero-order valence-electron chi connectivity index (χ0n) is 19.6. The van der Waals surface area contributed by atoms with E-state index in [1.807, 2.05) is 30.3 Å². The van der Waals surface area contributed by atoms with Gasteiger partial charge in [0.1, 0.15) is 15.9 Å². The predicted molar refractivity (Wildman–Crippen MR) is 147 cm³/mol. The van der Waals surface area contributed by atoms with E-state index in [0.29, 0.717) is 15.7 Å². The fourth-order valence-corrected chi connectivity index (χ4v) is 8.54. The maximum absolute atomic E-state index is 13.7. The Morgan fingerprint density at radius 3 is 2.61 bits per heavy atom. The zero-order valence-corrected chi connectivity index (χ0v) is 22.1. The molecule has 3 heterocycles. The van der Waals surface area contributed by atoms with Crippen LogP contribution >= 0.6 is 34.4 Å². The second-order valence-corrected chi connectivity index (χ2v) is 12.3. The Bertz CT molecular complexity index is 1580. The van der Waals surface area contributed by atoms with Crippen LogP contribution < -0.4 is 10.9 Å². The van der Waals surface area contributed by atoms with Crippen molar-refractivity contribution in [1.29, 1.82) is 5.26 Å². The largest absolute Gasteiger partial charge is 0.316 e. The number of nitrogens with zero attached hydrogens (tertiary/aromatic N) is 3. The quantitative estimate of drug-likeness (QED) is 0.197. The Labute approximate surface area is 221 Å². The predicted octanol–water partition coefficient (Wildman–Crippen LogP) is 5.87. The van der Waals surface area contributed by atoms with Crippen LogP contribution in [0.4, 0.5) is 5.00 Å². The van der Waals surface area contributed by atoms with Crippen LogP contribution in [-0.2, 0) is 30.5 Å². The van der Waals surface area contributed by atoms with E-state index in [2.05, 4.69) is 11.4 Å². The number of aryl methyl sites for hydroxylation is 3. The number of hydrogen-bond acceptors (Lipinski definition) is 7. The first-order chi connectivity index (χ1) is 17.6. The van der Waals surface area contributed by atoms with Crippen molar-refractivity contribution in [2.24, 2.45) is 0 Å². The minimum Gasteiger partial charge on any atom is -0.316 e. The fourth-order valence-electron chi connectivity index (χ4n) is 5.17. The minimum absolute atomic E-state index is 0.0673. The van der Waals surface area contributed by atoms with Crippen LogP contribution in [0.2, 0.25) is 0 Å². The lowest BCUT2D eigenvalue weighted by Crippen LogP contribution is -2.23. The highest BCUT2D eigenvalue weighted by Gasteiger charge is 2.25.